The van der Waals surface area contributed by atoms with E-state index in [2.05, 4.69) is 10.2 Å². The van der Waals surface area contributed by atoms with Crippen LogP contribution in [0.25, 0.3) is 15.9 Å². The van der Waals surface area contributed by atoms with Gasteiger partial charge in [0.05, 0.1) is 11.4 Å². The molecule has 1 aliphatic rings. The summed E-state index contributed by atoms with van der Waals surface area (Å²) in [5.74, 6) is -0.465. The van der Waals surface area contributed by atoms with Crippen molar-refractivity contribution >= 4 is 44.9 Å². The molecule has 0 saturated carbocycles. The molecule has 0 radical (unpaired) electrons. The van der Waals surface area contributed by atoms with Crippen LogP contribution in [0, 0.1) is 6.92 Å². The highest BCUT2D eigenvalue weighted by atomic mass is 32.2. The van der Waals surface area contributed by atoms with Crippen LogP contribution < -0.4 is 5.11 Å². The second kappa shape index (κ2) is 5.20. The van der Waals surface area contributed by atoms with Gasteiger partial charge in [0.1, 0.15) is 10.7 Å². The molecule has 1 aliphatic carbocycles. The number of thiophene rings is 1. The van der Waals surface area contributed by atoms with Crippen molar-refractivity contribution in [2.24, 2.45) is 0 Å². The predicted molar refractivity (Wildman–Crippen MR) is 83.3 cm³/mol. The van der Waals surface area contributed by atoms with Crippen LogP contribution in [-0.2, 0) is 17.6 Å². The molecular formula is C14H13N4O2S2-. The van der Waals surface area contributed by atoms with E-state index in [-0.39, 0.29) is 5.75 Å². The van der Waals surface area contributed by atoms with Gasteiger partial charge in [-0.25, -0.2) is 4.98 Å². The summed E-state index contributed by atoms with van der Waals surface area (Å²) in [6.07, 6.45) is 4.60. The Labute approximate surface area is 134 Å². The molecule has 0 atom stereocenters. The predicted octanol–water partition coefficient (Wildman–Crippen LogP) is 1.37. The van der Waals surface area contributed by atoms with Crippen molar-refractivity contribution < 1.29 is 9.90 Å². The molecule has 0 N–H and O–H groups in total. The first-order chi connectivity index (χ1) is 10.6. The Morgan fingerprint density at radius 2 is 2.18 bits per heavy atom. The Balaban J connectivity index is 1.95. The number of aromatic nitrogens is 4. The van der Waals surface area contributed by atoms with Crippen molar-refractivity contribution in [1.29, 1.82) is 0 Å². The van der Waals surface area contributed by atoms with Crippen molar-refractivity contribution in [3.8, 4) is 0 Å². The summed E-state index contributed by atoms with van der Waals surface area (Å²) < 4.78 is 1.86. The molecule has 0 amide bonds. The van der Waals surface area contributed by atoms with Gasteiger partial charge in [0.2, 0.25) is 0 Å². The lowest BCUT2D eigenvalue weighted by Crippen LogP contribution is -2.24. The molecule has 0 bridgehead atoms. The van der Waals surface area contributed by atoms with Gasteiger partial charge < -0.3 is 9.90 Å². The van der Waals surface area contributed by atoms with Crippen LogP contribution in [0.15, 0.2) is 5.16 Å². The Morgan fingerprint density at radius 1 is 1.36 bits per heavy atom. The van der Waals surface area contributed by atoms with Crippen LogP contribution in [0.4, 0.5) is 0 Å². The molecule has 8 heteroatoms. The molecule has 0 aliphatic heterocycles. The van der Waals surface area contributed by atoms with Crippen LogP contribution >= 0.6 is 23.1 Å². The second-order valence-corrected chi connectivity index (χ2v) is 7.38. The normalized spacial score (nSPS) is 14.6. The lowest BCUT2D eigenvalue weighted by molar-refractivity contribution is -0.301. The van der Waals surface area contributed by atoms with Crippen LogP contribution in [-0.4, -0.2) is 31.3 Å². The number of thioether (sulfide) groups is 1. The number of carboxylic acid groups (broad SMARTS) is 1. The fourth-order valence-electron chi connectivity index (χ4n) is 3.00. The first-order valence-corrected chi connectivity index (χ1v) is 8.94. The zero-order valence-corrected chi connectivity index (χ0v) is 13.6. The van der Waals surface area contributed by atoms with Gasteiger partial charge in [-0.15, -0.1) is 21.5 Å². The Kier molecular flexibility index (Phi) is 3.30. The van der Waals surface area contributed by atoms with Crippen molar-refractivity contribution in [2.75, 3.05) is 5.75 Å². The smallest absolute Gasteiger partial charge is 0.197 e. The fraction of sp³-hybridized carbons (Fsp3) is 0.429. The molecule has 3 aromatic rings. The van der Waals surface area contributed by atoms with Gasteiger partial charge >= 0.3 is 0 Å². The van der Waals surface area contributed by atoms with Gasteiger partial charge in [0, 0.05) is 10.6 Å². The average molecular weight is 333 g/mol. The summed E-state index contributed by atoms with van der Waals surface area (Å²) in [4.78, 5) is 17.8. The van der Waals surface area contributed by atoms with Crippen molar-refractivity contribution in [1.82, 2.24) is 19.6 Å². The highest BCUT2D eigenvalue weighted by molar-refractivity contribution is 7.99. The second-order valence-electron chi connectivity index (χ2n) is 5.35. The number of rotatable bonds is 3. The number of hydrogen-bond donors (Lipinski definition) is 0. The number of fused-ring (bicyclic) bond motifs is 5. The van der Waals surface area contributed by atoms with Crippen LogP contribution in [0.3, 0.4) is 0 Å². The van der Waals surface area contributed by atoms with Gasteiger partial charge in [-0.3, -0.25) is 4.40 Å². The summed E-state index contributed by atoms with van der Waals surface area (Å²) in [6, 6.07) is 0. The summed E-state index contributed by atoms with van der Waals surface area (Å²) in [7, 11) is 0. The molecule has 6 nitrogen and oxygen atoms in total. The van der Waals surface area contributed by atoms with E-state index in [0.29, 0.717) is 5.16 Å². The minimum absolute atomic E-state index is 0.139. The third-order valence-corrected chi connectivity index (χ3v) is 6.00. The lowest BCUT2D eigenvalue weighted by atomic mass is 9.97. The zero-order chi connectivity index (χ0) is 15.3. The SMILES string of the molecule is Cc1nc2sc3c(c2c2nnc(SCC(=O)[O-])n12)CCCC3. The maximum absolute atomic E-state index is 10.7. The molecular weight excluding hydrogens is 320 g/mol. The first-order valence-electron chi connectivity index (χ1n) is 7.14. The molecule has 3 heterocycles. The van der Waals surface area contributed by atoms with Gasteiger partial charge in [0.15, 0.2) is 10.8 Å². The number of hydrogen-bond acceptors (Lipinski definition) is 7. The molecule has 0 aromatic carbocycles. The van der Waals surface area contributed by atoms with Gasteiger partial charge in [-0.05, 0) is 38.2 Å². The molecule has 0 fully saturated rings. The Bertz CT molecular complexity index is 899. The quantitative estimate of drug-likeness (QED) is 0.673. The number of carbonyl (C=O) groups excluding carboxylic acids is 1. The lowest BCUT2D eigenvalue weighted by Gasteiger charge is -2.10. The maximum Gasteiger partial charge on any atom is 0.197 e. The molecule has 22 heavy (non-hydrogen) atoms. The molecule has 0 unspecified atom stereocenters. The number of carboxylic acids is 1. The fourth-order valence-corrected chi connectivity index (χ4v) is 4.99. The van der Waals surface area contributed by atoms with Gasteiger partial charge in [-0.2, -0.15) is 0 Å². The zero-order valence-electron chi connectivity index (χ0n) is 12.0. The van der Waals surface area contributed by atoms with Crippen molar-refractivity contribution in [2.45, 2.75) is 37.8 Å². The standard InChI is InChI=1S/C14H14N4O2S2/c1-7-15-13-11(8-4-2-3-5-9(8)22-13)12-16-17-14(18(7)12)21-6-10(19)20/h2-6H2,1H3,(H,19,20)/p-1. The highest BCUT2D eigenvalue weighted by Crippen LogP contribution is 2.38. The molecule has 4 rings (SSSR count). The summed E-state index contributed by atoms with van der Waals surface area (Å²) in [5.41, 5.74) is 2.15. The first kappa shape index (κ1) is 14.0. The Morgan fingerprint density at radius 3 is 3.00 bits per heavy atom. The number of carbonyl (C=O) groups is 1. The topological polar surface area (TPSA) is 83.2 Å². The van der Waals surface area contributed by atoms with E-state index in [4.69, 9.17) is 4.98 Å². The van der Waals surface area contributed by atoms with E-state index in [1.807, 2.05) is 11.3 Å². The van der Waals surface area contributed by atoms with E-state index in [1.54, 1.807) is 11.3 Å². The molecule has 0 spiro atoms. The average Bonchev–Trinajstić information content (AvgIpc) is 3.05. The number of aryl methyl sites for hydroxylation is 3. The van der Waals surface area contributed by atoms with E-state index in [1.165, 1.54) is 23.3 Å². The molecule has 3 aromatic heterocycles. The largest absolute Gasteiger partial charge is 0.549 e. The van der Waals surface area contributed by atoms with Gasteiger partial charge in [0.25, 0.3) is 0 Å². The van der Waals surface area contributed by atoms with Crippen LogP contribution in [0.1, 0.15) is 29.1 Å². The molecule has 0 saturated heterocycles. The molecule has 114 valence electrons. The minimum Gasteiger partial charge on any atom is -0.549 e. The van der Waals surface area contributed by atoms with E-state index < -0.39 is 5.97 Å². The number of nitrogens with zero attached hydrogens (tertiary/aromatic N) is 4. The summed E-state index contributed by atoms with van der Waals surface area (Å²) in [6.45, 7) is 1.90. The maximum atomic E-state index is 10.7. The van der Waals surface area contributed by atoms with Crippen molar-refractivity contribution in [3.05, 3.63) is 16.3 Å². The van der Waals surface area contributed by atoms with Crippen LogP contribution in [0.2, 0.25) is 0 Å². The van der Waals surface area contributed by atoms with Gasteiger partial charge in [-0.1, -0.05) is 11.8 Å². The van der Waals surface area contributed by atoms with E-state index >= 15 is 0 Å². The number of aliphatic carboxylic acids is 1. The third kappa shape index (κ3) is 2.09. The summed E-state index contributed by atoms with van der Waals surface area (Å²) in [5, 5.41) is 20.8. The highest BCUT2D eigenvalue weighted by Gasteiger charge is 2.22. The van der Waals surface area contributed by atoms with E-state index in [9.17, 15) is 9.90 Å². The monoisotopic (exact) mass is 333 g/mol. The van der Waals surface area contributed by atoms with E-state index in [0.717, 1.165) is 46.3 Å². The third-order valence-electron chi connectivity index (χ3n) is 3.92. The summed E-state index contributed by atoms with van der Waals surface area (Å²) >= 11 is 2.87. The Hall–Kier alpha value is -1.67. The minimum atomic E-state index is -1.11. The van der Waals surface area contributed by atoms with Crippen molar-refractivity contribution in [3.63, 3.8) is 0 Å². The van der Waals surface area contributed by atoms with Crippen LogP contribution in [0.5, 0.6) is 0 Å².